The van der Waals surface area contributed by atoms with Crippen LogP contribution in [0.3, 0.4) is 0 Å². The number of carbonyl (C=O) groups excluding carboxylic acids is 1. The number of carbonyl (C=O) groups is 1. The third-order valence-electron chi connectivity index (χ3n) is 2.23. The molecule has 0 fully saturated rings. The first-order valence-electron chi connectivity index (χ1n) is 4.84. The third kappa shape index (κ3) is 1.98. The predicted octanol–water partition coefficient (Wildman–Crippen LogP) is -2.49. The Bertz CT molecular complexity index is 731. The molecule has 0 radical (unpaired) electrons. The Hall–Kier alpha value is -2.90. The lowest BCUT2D eigenvalue weighted by Gasteiger charge is -2.05. The number of nitrogens with zero attached hydrogens (tertiary/aromatic N) is 1. The zero-order chi connectivity index (χ0) is 13.3. The number of primary amides is 1. The summed E-state index contributed by atoms with van der Waals surface area (Å²) in [4.78, 5) is 37.2. The van der Waals surface area contributed by atoms with Crippen LogP contribution in [0.4, 0.5) is 0 Å². The minimum Gasteiger partial charge on any atom is -0.855 e. The summed E-state index contributed by atoms with van der Waals surface area (Å²) in [5, 5.41) is 11.5. The molecule has 0 saturated heterocycles. The third-order valence-corrected chi connectivity index (χ3v) is 2.23. The van der Waals surface area contributed by atoms with Gasteiger partial charge < -0.3 is 15.8 Å². The van der Waals surface area contributed by atoms with Gasteiger partial charge >= 0.3 is 11.2 Å². The maximum atomic E-state index is 11.5. The molecule has 0 aliphatic heterocycles. The topological polar surface area (TPSA) is 136 Å². The van der Waals surface area contributed by atoms with Crippen LogP contribution < -0.4 is 26.7 Å². The zero-order valence-electron chi connectivity index (χ0n) is 8.97. The first kappa shape index (κ1) is 11.6. The van der Waals surface area contributed by atoms with Gasteiger partial charge in [0.1, 0.15) is 5.56 Å². The van der Waals surface area contributed by atoms with Crippen LogP contribution in [0.1, 0.15) is 10.4 Å². The number of rotatable bonds is 2. The minimum atomic E-state index is -0.889. The molecule has 2 rings (SSSR count). The van der Waals surface area contributed by atoms with Crippen LogP contribution in [0.25, 0.3) is 5.69 Å². The van der Waals surface area contributed by atoms with Crippen molar-refractivity contribution in [2.45, 2.75) is 0 Å². The quantitative estimate of drug-likeness (QED) is 0.506. The number of hydrogen-bond donors (Lipinski definition) is 3. The first-order chi connectivity index (χ1) is 8.49. The van der Waals surface area contributed by atoms with Gasteiger partial charge in [0, 0.05) is 11.9 Å². The van der Waals surface area contributed by atoms with Gasteiger partial charge in [-0.25, -0.2) is 4.79 Å². The smallest absolute Gasteiger partial charge is 0.325 e. The molecule has 4 N–H and O–H groups in total. The maximum Gasteiger partial charge on any atom is 0.325 e. The van der Waals surface area contributed by atoms with Gasteiger partial charge in [-0.15, -0.1) is 0 Å². The van der Waals surface area contributed by atoms with Crippen molar-refractivity contribution in [1.82, 2.24) is 9.97 Å². The van der Waals surface area contributed by atoms with Crippen molar-refractivity contribution in [1.29, 1.82) is 0 Å². The van der Waals surface area contributed by atoms with Crippen LogP contribution in [0.5, 0.6) is 5.88 Å². The van der Waals surface area contributed by atoms with Crippen LogP contribution in [-0.2, 0) is 0 Å². The van der Waals surface area contributed by atoms with Crippen molar-refractivity contribution in [3.63, 3.8) is 0 Å². The van der Waals surface area contributed by atoms with Crippen LogP contribution in [0, 0.1) is 0 Å². The SMILES string of the molecule is NC(=O)c1ccc[n+](-c2c([O-])[nH]c(=O)[nH]c2=O)c1. The van der Waals surface area contributed by atoms with E-state index in [2.05, 4.69) is 0 Å². The number of nitrogens with two attached hydrogens (primary N) is 1. The van der Waals surface area contributed by atoms with E-state index in [4.69, 9.17) is 5.73 Å². The average molecular weight is 248 g/mol. The molecule has 18 heavy (non-hydrogen) atoms. The minimum absolute atomic E-state index is 0.127. The van der Waals surface area contributed by atoms with Gasteiger partial charge in [0.05, 0.1) is 0 Å². The number of hydrogen-bond acceptors (Lipinski definition) is 4. The van der Waals surface area contributed by atoms with Crippen molar-refractivity contribution >= 4 is 5.91 Å². The van der Waals surface area contributed by atoms with Crippen molar-refractivity contribution in [2.24, 2.45) is 5.73 Å². The fourth-order valence-corrected chi connectivity index (χ4v) is 1.45. The van der Waals surface area contributed by atoms with Crippen LogP contribution in [0.15, 0.2) is 34.1 Å². The van der Waals surface area contributed by atoms with E-state index < -0.39 is 23.0 Å². The summed E-state index contributed by atoms with van der Waals surface area (Å²) in [7, 11) is 0. The molecule has 8 heteroatoms. The highest BCUT2D eigenvalue weighted by Gasteiger charge is 2.15. The number of aromatic amines is 2. The van der Waals surface area contributed by atoms with Gasteiger partial charge in [-0.05, 0) is 6.07 Å². The van der Waals surface area contributed by atoms with Crippen molar-refractivity contribution < 1.29 is 14.5 Å². The Labute approximate surface area is 99.3 Å². The summed E-state index contributed by atoms with van der Waals surface area (Å²) in [5.41, 5.74) is 3.15. The second-order valence-corrected chi connectivity index (χ2v) is 3.45. The summed E-state index contributed by atoms with van der Waals surface area (Å²) >= 11 is 0. The molecular formula is C10H8N4O4. The maximum absolute atomic E-state index is 11.5. The fraction of sp³-hybridized carbons (Fsp3) is 0. The summed E-state index contributed by atoms with van der Waals surface area (Å²) in [6.45, 7) is 0. The molecule has 0 unspecified atom stereocenters. The molecule has 0 atom stereocenters. The molecule has 2 aromatic heterocycles. The van der Waals surface area contributed by atoms with Gasteiger partial charge in [0.15, 0.2) is 12.4 Å². The van der Waals surface area contributed by atoms with E-state index in [1.54, 1.807) is 0 Å². The second kappa shape index (κ2) is 4.17. The van der Waals surface area contributed by atoms with E-state index in [1.165, 1.54) is 24.5 Å². The van der Waals surface area contributed by atoms with Crippen LogP contribution in [0.2, 0.25) is 0 Å². The number of nitrogens with one attached hydrogen (secondary N) is 2. The Morgan fingerprint density at radius 2 is 2.06 bits per heavy atom. The number of pyridine rings is 1. The van der Waals surface area contributed by atoms with E-state index in [1.807, 2.05) is 9.97 Å². The number of H-pyrrole nitrogens is 2. The van der Waals surface area contributed by atoms with E-state index in [0.717, 1.165) is 4.57 Å². The Balaban J connectivity index is 2.70. The van der Waals surface area contributed by atoms with E-state index in [-0.39, 0.29) is 11.3 Å². The van der Waals surface area contributed by atoms with E-state index >= 15 is 0 Å². The van der Waals surface area contributed by atoms with Crippen molar-refractivity contribution in [3.05, 3.63) is 50.9 Å². The summed E-state index contributed by atoms with van der Waals surface area (Å²) in [6.07, 6.45) is 2.61. The van der Waals surface area contributed by atoms with E-state index in [0.29, 0.717) is 0 Å². The van der Waals surface area contributed by atoms with Crippen LogP contribution >= 0.6 is 0 Å². The van der Waals surface area contributed by atoms with Crippen LogP contribution in [-0.4, -0.2) is 15.9 Å². The molecule has 0 aliphatic rings. The number of aromatic nitrogens is 3. The Morgan fingerprint density at radius 1 is 1.33 bits per heavy atom. The highest BCUT2D eigenvalue weighted by molar-refractivity contribution is 5.92. The normalized spacial score (nSPS) is 10.2. The van der Waals surface area contributed by atoms with Gasteiger partial charge in [0.2, 0.25) is 0 Å². The molecule has 0 aromatic carbocycles. The fourth-order valence-electron chi connectivity index (χ4n) is 1.45. The van der Waals surface area contributed by atoms with Gasteiger partial charge in [-0.1, -0.05) is 0 Å². The predicted molar refractivity (Wildman–Crippen MR) is 57.2 cm³/mol. The highest BCUT2D eigenvalue weighted by atomic mass is 16.3. The second-order valence-electron chi connectivity index (χ2n) is 3.45. The molecule has 2 aromatic rings. The first-order valence-corrected chi connectivity index (χ1v) is 4.84. The van der Waals surface area contributed by atoms with Crippen molar-refractivity contribution in [3.8, 4) is 11.6 Å². The molecule has 0 spiro atoms. The summed E-state index contributed by atoms with van der Waals surface area (Å²) in [6, 6.07) is 2.88. The molecule has 1 amide bonds. The summed E-state index contributed by atoms with van der Waals surface area (Å²) < 4.78 is 1.12. The lowest BCUT2D eigenvalue weighted by atomic mass is 10.2. The average Bonchev–Trinajstić information content (AvgIpc) is 2.28. The standard InChI is InChI=1S/C10H8N4O4/c11-7(15)5-2-1-3-14(4-5)6-8(16)12-10(18)13-9(6)17/h1-4H,(H4-,11,12,13,15,16,17,18). The lowest BCUT2D eigenvalue weighted by molar-refractivity contribution is -0.601. The lowest BCUT2D eigenvalue weighted by Crippen LogP contribution is -2.42. The highest BCUT2D eigenvalue weighted by Crippen LogP contribution is 2.01. The Morgan fingerprint density at radius 3 is 2.67 bits per heavy atom. The van der Waals surface area contributed by atoms with Crippen molar-refractivity contribution in [2.75, 3.05) is 0 Å². The zero-order valence-corrected chi connectivity index (χ0v) is 8.97. The molecular weight excluding hydrogens is 240 g/mol. The molecule has 0 bridgehead atoms. The molecule has 92 valence electrons. The molecule has 0 aliphatic carbocycles. The van der Waals surface area contributed by atoms with Gasteiger partial charge in [-0.2, -0.15) is 4.57 Å². The molecule has 0 saturated carbocycles. The van der Waals surface area contributed by atoms with Gasteiger partial charge in [0.25, 0.3) is 11.6 Å². The Kier molecular flexibility index (Phi) is 2.68. The largest absolute Gasteiger partial charge is 0.855 e. The molecule has 8 nitrogen and oxygen atoms in total. The van der Waals surface area contributed by atoms with E-state index in [9.17, 15) is 19.5 Å². The molecule has 2 heterocycles. The monoisotopic (exact) mass is 248 g/mol. The van der Waals surface area contributed by atoms with Gasteiger partial charge in [-0.3, -0.25) is 14.6 Å². The number of amides is 1. The summed E-state index contributed by atoms with van der Waals surface area (Å²) in [5.74, 6) is -1.55.